The molecule has 1 aliphatic rings. The summed E-state index contributed by atoms with van der Waals surface area (Å²) in [4.78, 5) is 4.62. The standard InChI is InChI=1S/C15H24FN3/c1-18-9-5-6-12(10-18)19(2)11-15(17)13-7-3-4-8-14(13)16/h3-4,7-8,12,15H,5-6,9-11,17H2,1-2H3. The molecule has 0 aromatic heterocycles. The number of nitrogens with zero attached hydrogens (tertiary/aromatic N) is 2. The Kier molecular flexibility index (Phi) is 4.91. The van der Waals surface area contributed by atoms with Crippen molar-refractivity contribution in [2.45, 2.75) is 24.9 Å². The van der Waals surface area contributed by atoms with Crippen LogP contribution in [0.2, 0.25) is 0 Å². The molecule has 1 saturated heterocycles. The zero-order valence-corrected chi connectivity index (χ0v) is 11.8. The topological polar surface area (TPSA) is 32.5 Å². The molecular weight excluding hydrogens is 241 g/mol. The Labute approximate surface area is 115 Å². The van der Waals surface area contributed by atoms with Crippen LogP contribution in [0.15, 0.2) is 24.3 Å². The number of halogens is 1. The van der Waals surface area contributed by atoms with E-state index in [9.17, 15) is 4.39 Å². The molecule has 1 heterocycles. The first-order valence-corrected chi connectivity index (χ1v) is 6.96. The third kappa shape index (κ3) is 3.75. The van der Waals surface area contributed by atoms with Gasteiger partial charge in [0.15, 0.2) is 0 Å². The van der Waals surface area contributed by atoms with Gasteiger partial charge in [0, 0.05) is 30.7 Å². The Morgan fingerprint density at radius 2 is 2.21 bits per heavy atom. The van der Waals surface area contributed by atoms with Crippen LogP contribution in [0.1, 0.15) is 24.4 Å². The molecule has 2 rings (SSSR count). The monoisotopic (exact) mass is 265 g/mol. The van der Waals surface area contributed by atoms with Crippen LogP contribution in [0.3, 0.4) is 0 Å². The smallest absolute Gasteiger partial charge is 0.128 e. The number of piperidine rings is 1. The van der Waals surface area contributed by atoms with Gasteiger partial charge in [0.1, 0.15) is 5.82 Å². The minimum Gasteiger partial charge on any atom is -0.323 e. The molecule has 2 N–H and O–H groups in total. The Hall–Kier alpha value is -0.970. The zero-order valence-electron chi connectivity index (χ0n) is 11.8. The summed E-state index contributed by atoms with van der Waals surface area (Å²) in [5, 5.41) is 0. The second-order valence-electron chi connectivity index (χ2n) is 5.63. The van der Waals surface area contributed by atoms with E-state index < -0.39 is 0 Å². The SMILES string of the molecule is CN1CCCC(N(C)CC(N)c2ccccc2F)C1. The maximum atomic E-state index is 13.7. The van der Waals surface area contributed by atoms with E-state index in [2.05, 4.69) is 23.9 Å². The van der Waals surface area contributed by atoms with Crippen LogP contribution in [0.25, 0.3) is 0 Å². The maximum Gasteiger partial charge on any atom is 0.128 e. The van der Waals surface area contributed by atoms with Crippen molar-refractivity contribution in [3.63, 3.8) is 0 Å². The van der Waals surface area contributed by atoms with Gasteiger partial charge in [-0.3, -0.25) is 0 Å². The van der Waals surface area contributed by atoms with Gasteiger partial charge in [-0.15, -0.1) is 0 Å². The highest BCUT2D eigenvalue weighted by atomic mass is 19.1. The molecule has 19 heavy (non-hydrogen) atoms. The Balaban J connectivity index is 1.95. The van der Waals surface area contributed by atoms with E-state index in [1.54, 1.807) is 12.1 Å². The average Bonchev–Trinajstić information content (AvgIpc) is 2.39. The highest BCUT2D eigenvalue weighted by Gasteiger charge is 2.23. The number of hydrogen-bond acceptors (Lipinski definition) is 3. The molecule has 0 spiro atoms. The minimum absolute atomic E-state index is 0.204. The van der Waals surface area contributed by atoms with Gasteiger partial charge in [0.25, 0.3) is 0 Å². The summed E-state index contributed by atoms with van der Waals surface area (Å²) in [6, 6.07) is 7.05. The lowest BCUT2D eigenvalue weighted by Crippen LogP contribution is -2.46. The van der Waals surface area contributed by atoms with Crippen molar-refractivity contribution < 1.29 is 4.39 Å². The third-order valence-corrected chi connectivity index (χ3v) is 4.01. The van der Waals surface area contributed by atoms with Gasteiger partial charge < -0.3 is 15.5 Å². The van der Waals surface area contributed by atoms with Crippen LogP contribution in [-0.2, 0) is 0 Å². The van der Waals surface area contributed by atoms with Gasteiger partial charge in [-0.1, -0.05) is 18.2 Å². The van der Waals surface area contributed by atoms with Crippen LogP contribution in [0.4, 0.5) is 4.39 Å². The quantitative estimate of drug-likeness (QED) is 0.902. The molecule has 1 fully saturated rings. The second kappa shape index (κ2) is 6.46. The van der Waals surface area contributed by atoms with Crippen LogP contribution in [-0.4, -0.2) is 49.6 Å². The molecule has 1 aromatic carbocycles. The summed E-state index contributed by atoms with van der Waals surface area (Å²) in [7, 11) is 4.24. The van der Waals surface area contributed by atoms with E-state index >= 15 is 0 Å². The van der Waals surface area contributed by atoms with Gasteiger partial charge in [-0.2, -0.15) is 0 Å². The van der Waals surface area contributed by atoms with E-state index in [0.29, 0.717) is 18.2 Å². The molecular formula is C15H24FN3. The molecule has 4 heteroatoms. The van der Waals surface area contributed by atoms with Crippen LogP contribution in [0.5, 0.6) is 0 Å². The zero-order chi connectivity index (χ0) is 13.8. The minimum atomic E-state index is -0.265. The number of likely N-dealkylation sites (tertiary alicyclic amines) is 1. The first-order chi connectivity index (χ1) is 9.08. The summed E-state index contributed by atoms with van der Waals surface area (Å²) in [6.45, 7) is 2.93. The number of rotatable bonds is 4. The third-order valence-electron chi connectivity index (χ3n) is 4.01. The molecule has 0 aliphatic carbocycles. The summed E-state index contributed by atoms with van der Waals surface area (Å²) >= 11 is 0. The average molecular weight is 265 g/mol. The fraction of sp³-hybridized carbons (Fsp3) is 0.600. The van der Waals surface area contributed by atoms with Crippen molar-refractivity contribution >= 4 is 0 Å². The van der Waals surface area contributed by atoms with Crippen molar-refractivity contribution in [2.24, 2.45) is 5.73 Å². The maximum absolute atomic E-state index is 13.7. The highest BCUT2D eigenvalue weighted by molar-refractivity contribution is 5.21. The van der Waals surface area contributed by atoms with Crippen LogP contribution in [0, 0.1) is 5.82 Å². The lowest BCUT2D eigenvalue weighted by atomic mass is 10.0. The molecule has 0 saturated carbocycles. The van der Waals surface area contributed by atoms with Gasteiger partial charge >= 0.3 is 0 Å². The molecule has 0 amide bonds. The molecule has 3 nitrogen and oxygen atoms in total. The van der Waals surface area contributed by atoms with E-state index in [1.165, 1.54) is 25.5 Å². The number of benzene rings is 1. The van der Waals surface area contributed by atoms with Crippen LogP contribution >= 0.6 is 0 Å². The van der Waals surface area contributed by atoms with Crippen LogP contribution < -0.4 is 5.73 Å². The van der Waals surface area contributed by atoms with E-state index in [4.69, 9.17) is 5.73 Å². The highest BCUT2D eigenvalue weighted by Crippen LogP contribution is 2.19. The second-order valence-corrected chi connectivity index (χ2v) is 5.63. The molecule has 2 atom stereocenters. The molecule has 2 unspecified atom stereocenters. The van der Waals surface area contributed by atoms with E-state index in [-0.39, 0.29) is 11.9 Å². The van der Waals surface area contributed by atoms with Gasteiger partial charge in [-0.05, 0) is 39.5 Å². The predicted molar refractivity (Wildman–Crippen MR) is 76.5 cm³/mol. The number of hydrogen-bond donors (Lipinski definition) is 1. The first-order valence-electron chi connectivity index (χ1n) is 6.96. The van der Waals surface area contributed by atoms with Crippen molar-refractivity contribution in [1.29, 1.82) is 0 Å². The summed E-state index contributed by atoms with van der Waals surface area (Å²) in [6.07, 6.45) is 2.42. The Bertz CT molecular complexity index is 410. The molecule has 1 aromatic rings. The number of nitrogens with two attached hydrogens (primary N) is 1. The molecule has 1 aliphatic heterocycles. The molecule has 106 valence electrons. The summed E-state index contributed by atoms with van der Waals surface area (Å²) in [5.74, 6) is -0.204. The Morgan fingerprint density at radius 1 is 1.47 bits per heavy atom. The fourth-order valence-corrected chi connectivity index (χ4v) is 2.83. The predicted octanol–water partition coefficient (Wildman–Crippen LogP) is 1.85. The Morgan fingerprint density at radius 3 is 2.89 bits per heavy atom. The normalized spacial score (nSPS) is 22.7. The fourth-order valence-electron chi connectivity index (χ4n) is 2.83. The van der Waals surface area contributed by atoms with E-state index in [0.717, 1.165) is 6.54 Å². The largest absolute Gasteiger partial charge is 0.323 e. The van der Waals surface area contributed by atoms with Gasteiger partial charge in [0.2, 0.25) is 0 Å². The van der Waals surface area contributed by atoms with Crippen molar-refractivity contribution in [2.75, 3.05) is 33.7 Å². The summed E-state index contributed by atoms with van der Waals surface area (Å²) < 4.78 is 13.7. The van der Waals surface area contributed by atoms with Gasteiger partial charge in [-0.25, -0.2) is 4.39 Å². The molecule has 0 radical (unpaired) electrons. The van der Waals surface area contributed by atoms with Crippen molar-refractivity contribution in [3.8, 4) is 0 Å². The van der Waals surface area contributed by atoms with E-state index in [1.807, 2.05) is 6.07 Å². The van der Waals surface area contributed by atoms with Crippen molar-refractivity contribution in [1.82, 2.24) is 9.80 Å². The summed E-state index contributed by atoms with van der Waals surface area (Å²) in [5.41, 5.74) is 6.75. The van der Waals surface area contributed by atoms with Crippen molar-refractivity contribution in [3.05, 3.63) is 35.6 Å². The lowest BCUT2D eigenvalue weighted by molar-refractivity contribution is 0.129. The molecule has 0 bridgehead atoms. The van der Waals surface area contributed by atoms with Gasteiger partial charge in [0.05, 0.1) is 0 Å². The first kappa shape index (κ1) is 14.4. The lowest BCUT2D eigenvalue weighted by Gasteiger charge is -2.37. The number of likely N-dealkylation sites (N-methyl/N-ethyl adjacent to an activating group) is 2.